The number of primary amides is 1. The number of carbonyl (C=O) groups excluding carboxylic acids is 12. The zero-order chi connectivity index (χ0) is 71.1. The van der Waals surface area contributed by atoms with E-state index >= 15 is 4.79 Å². The summed E-state index contributed by atoms with van der Waals surface area (Å²) in [7, 11) is 0. The Morgan fingerprint density at radius 3 is 1.88 bits per heavy atom. The summed E-state index contributed by atoms with van der Waals surface area (Å²) >= 11 is 0. The lowest BCUT2D eigenvalue weighted by molar-refractivity contribution is -0.152. The molecule has 97 heavy (non-hydrogen) atoms. The predicted octanol–water partition coefficient (Wildman–Crippen LogP) is -5.92. The van der Waals surface area contributed by atoms with Gasteiger partial charge in [0.15, 0.2) is 11.9 Å². The molecule has 24 N–H and O–H groups in total. The fraction of sp³-hybridized carbons (Fsp3) is 0.548. The van der Waals surface area contributed by atoms with E-state index < -0.39 is 176 Å². The summed E-state index contributed by atoms with van der Waals surface area (Å²) in [4.78, 5) is 185. The van der Waals surface area contributed by atoms with Gasteiger partial charge in [-0.05, 0) is 75.0 Å². The summed E-state index contributed by atoms with van der Waals surface area (Å²) in [5.74, 6) is -11.7. The Bertz CT molecular complexity index is 3250. The molecule has 3 aromatic rings. The summed E-state index contributed by atoms with van der Waals surface area (Å²) in [6.45, 7) is 0.461. The van der Waals surface area contributed by atoms with Crippen molar-refractivity contribution < 1.29 is 77.7 Å². The lowest BCUT2D eigenvalue weighted by Gasteiger charge is -2.31. The maximum atomic E-state index is 15.1. The number of amides is 11. The molecule has 2 saturated heterocycles. The first kappa shape index (κ1) is 77.7. The Morgan fingerprint density at radius 1 is 0.660 bits per heavy atom. The lowest BCUT2D eigenvalue weighted by atomic mass is 10.0. The third-order valence-electron chi connectivity index (χ3n) is 16.0. The van der Waals surface area contributed by atoms with Crippen LogP contribution in [0, 0.1) is 0 Å². The highest BCUT2D eigenvalue weighted by atomic mass is 16.7. The number of aliphatic hydroxyl groups excluding tert-OH is 3. The number of para-hydroxylation sites is 1. The van der Waals surface area contributed by atoms with E-state index in [0.29, 0.717) is 17.5 Å². The fourth-order valence-corrected chi connectivity index (χ4v) is 10.9. The highest BCUT2D eigenvalue weighted by Crippen LogP contribution is 2.23. The minimum Gasteiger partial charge on any atom is -0.394 e. The van der Waals surface area contributed by atoms with Gasteiger partial charge in [0.1, 0.15) is 60.4 Å². The number of H-pyrrole nitrogens is 1. The Kier molecular flexibility index (Phi) is 31.9. The molecule has 0 spiro atoms. The van der Waals surface area contributed by atoms with Crippen LogP contribution in [0.25, 0.3) is 10.9 Å². The summed E-state index contributed by atoms with van der Waals surface area (Å²) in [5, 5.41) is 55.2. The van der Waals surface area contributed by atoms with Gasteiger partial charge in [-0.1, -0.05) is 68.3 Å². The first-order valence-electron chi connectivity index (χ1n) is 32.1. The van der Waals surface area contributed by atoms with Crippen LogP contribution < -0.4 is 82.0 Å². The summed E-state index contributed by atoms with van der Waals surface area (Å²) < 4.78 is 0. The van der Waals surface area contributed by atoms with Gasteiger partial charge in [-0.3, -0.25) is 67.5 Å². The van der Waals surface area contributed by atoms with E-state index in [0.717, 1.165) is 22.7 Å². The number of aliphatic hydroxyl groups is 3. The van der Waals surface area contributed by atoms with Crippen molar-refractivity contribution in [3.05, 3.63) is 71.9 Å². The first-order chi connectivity index (χ1) is 46.3. The van der Waals surface area contributed by atoms with Crippen molar-refractivity contribution in [3.63, 3.8) is 0 Å². The third kappa shape index (κ3) is 25.6. The molecule has 532 valence electrons. The number of unbranched alkanes of at least 4 members (excludes halogenated alkanes) is 1. The number of nitrogens with two attached hydrogens (primary N) is 5. The number of hydrogen-bond donors (Lipinski definition) is 19. The highest BCUT2D eigenvalue weighted by molar-refractivity contribution is 6.00. The van der Waals surface area contributed by atoms with Crippen molar-refractivity contribution in [2.75, 3.05) is 39.4 Å². The topological polar surface area (TPSA) is 569 Å². The molecule has 5 rings (SSSR count). The quantitative estimate of drug-likeness (QED) is 0.0192. The number of hydrogen-bond acceptors (Lipinski definition) is 19. The van der Waals surface area contributed by atoms with Crippen LogP contribution in [0.5, 0.6) is 0 Å². The molecular weight excluding hydrogens is 1270 g/mol. The number of aromatic nitrogens is 1. The Hall–Kier alpha value is -10.0. The SMILES string of the molecule is CCCC[C@H](NC(=O)[C@H](CO)NC(=O)[C@H](CCCN=C(N)N)NC(=O)[C@H](CO)NC(C)=O)C(=O)N[C@H]1CCC(=O)ONCCCC[C@@H](C(N)=O)NC(=O)[C@H](Cc2c[nH]c3ccccc23)NC(=O)[C@H](CCCN=C(N)N)NC(=O)[C@@H](Cc2ccccc2)NC(=O)[C@@H]2CC(O)CN2C1=O. The molecule has 2 aliphatic heterocycles. The average molecular weight is 1360 g/mol. The number of carbonyl (C=O) groups is 12. The van der Waals surface area contributed by atoms with Gasteiger partial charge < -0.3 is 107 Å². The Morgan fingerprint density at radius 2 is 1.23 bits per heavy atom. The van der Waals surface area contributed by atoms with Crippen molar-refractivity contribution >= 4 is 93.8 Å². The van der Waals surface area contributed by atoms with Crippen LogP contribution in [0.3, 0.4) is 0 Å². The minimum atomic E-state index is -1.79. The van der Waals surface area contributed by atoms with Crippen molar-refractivity contribution in [1.82, 2.24) is 63.2 Å². The monoisotopic (exact) mass is 1360 g/mol. The number of aliphatic imine (C=N–C) groups is 2. The van der Waals surface area contributed by atoms with Crippen LogP contribution in [-0.4, -0.2) is 214 Å². The van der Waals surface area contributed by atoms with Crippen LogP contribution in [-0.2, 0) is 75.2 Å². The average Bonchev–Trinajstić information content (AvgIpc) is 1.69. The molecular formula is C62H93N19O16. The second kappa shape index (κ2) is 39.8. The number of rotatable bonds is 27. The summed E-state index contributed by atoms with van der Waals surface area (Å²) in [5.41, 5.74) is 32.3. The largest absolute Gasteiger partial charge is 0.394 e. The van der Waals surface area contributed by atoms with Gasteiger partial charge in [-0.2, -0.15) is 5.48 Å². The summed E-state index contributed by atoms with van der Waals surface area (Å²) in [6.07, 6.45) is -0.501. The minimum absolute atomic E-state index is 0.000870. The number of nitrogens with one attached hydrogen (secondary N) is 11. The molecule has 0 saturated carbocycles. The van der Waals surface area contributed by atoms with Crippen molar-refractivity contribution in [3.8, 4) is 0 Å². The van der Waals surface area contributed by atoms with Crippen LogP contribution in [0.15, 0.2) is 70.8 Å². The molecule has 3 heterocycles. The van der Waals surface area contributed by atoms with Crippen molar-refractivity contribution in [2.24, 2.45) is 38.7 Å². The molecule has 35 heteroatoms. The fourth-order valence-electron chi connectivity index (χ4n) is 10.9. The molecule has 1 unspecified atom stereocenters. The standard InChI is InChI=1S/C62H93N19O16/c1-3-4-17-41(75-58(94)48(33-83)80-54(90)43(21-13-25-69-62(66)67)76-57(93)47(32-82)72-34(2)84)52(88)77-44-22-23-50(86)97-71-26-11-10-19-40(51(63)87)73-56(92)46(28-36-30-70-39-18-9-8-16-38(36)39)78-53(89)42(20-12-24-68-61(64)65)74-55(91)45(27-35-14-6-5-7-15-35)79-59(95)49-29-37(85)31-81(49)60(44)96/h5-9,14-16,18,30,37,40-49,70-71,82-83,85H,3-4,10-13,17,19-29,31-33H2,1-2H3,(H2,63,87)(H,72,84)(H,73,92)(H,74,91)(H,75,94)(H,76,93)(H,77,88)(H,78,89)(H,79,95)(H,80,90)(H4,64,65,68)(H4,66,67,69)/t37?,40-,41-,42-,43-,44-,45+,46-,47-,48-,49-/m0/s1. The van der Waals surface area contributed by atoms with Gasteiger partial charge in [0.2, 0.25) is 65.0 Å². The zero-order valence-electron chi connectivity index (χ0n) is 54.4. The highest BCUT2D eigenvalue weighted by Gasteiger charge is 2.44. The van der Waals surface area contributed by atoms with Gasteiger partial charge in [-0.25, -0.2) is 0 Å². The molecule has 0 aliphatic carbocycles. The second-order valence-electron chi connectivity index (χ2n) is 23.6. The van der Waals surface area contributed by atoms with Gasteiger partial charge >= 0.3 is 5.97 Å². The van der Waals surface area contributed by atoms with Gasteiger partial charge in [0, 0.05) is 75.9 Å². The Labute approximate surface area is 559 Å². The maximum absolute atomic E-state index is 15.1. The van der Waals surface area contributed by atoms with E-state index in [1.807, 2.05) is 12.1 Å². The van der Waals surface area contributed by atoms with Gasteiger partial charge in [-0.15, -0.1) is 0 Å². The zero-order valence-corrected chi connectivity index (χ0v) is 54.4. The number of aromatic amines is 1. The number of hydroxylamine groups is 1. The van der Waals surface area contributed by atoms with Crippen LogP contribution in [0.1, 0.15) is 108 Å². The van der Waals surface area contributed by atoms with Gasteiger partial charge in [0.05, 0.1) is 19.3 Å². The molecule has 2 aliphatic rings. The lowest BCUT2D eigenvalue weighted by Crippen LogP contribution is -2.61. The van der Waals surface area contributed by atoms with Crippen molar-refractivity contribution in [2.45, 2.75) is 177 Å². The van der Waals surface area contributed by atoms with Crippen molar-refractivity contribution in [1.29, 1.82) is 0 Å². The normalized spacial score (nSPS) is 21.5. The van der Waals surface area contributed by atoms with Crippen LogP contribution >= 0.6 is 0 Å². The molecule has 35 nitrogen and oxygen atoms in total. The van der Waals surface area contributed by atoms with E-state index in [4.69, 9.17) is 33.5 Å². The molecule has 11 amide bonds. The molecule has 0 radical (unpaired) electrons. The third-order valence-corrected chi connectivity index (χ3v) is 16.0. The van der Waals surface area contributed by atoms with Gasteiger partial charge in [0.25, 0.3) is 0 Å². The van der Waals surface area contributed by atoms with E-state index in [1.165, 1.54) is 0 Å². The molecule has 11 atom stereocenters. The van der Waals surface area contributed by atoms with E-state index in [-0.39, 0.29) is 102 Å². The molecule has 2 aromatic carbocycles. The molecule has 2 fully saturated rings. The molecule has 0 bridgehead atoms. The number of benzene rings is 2. The maximum Gasteiger partial charge on any atom is 0.324 e. The smallest absolute Gasteiger partial charge is 0.324 e. The number of guanidine groups is 2. The van der Waals surface area contributed by atoms with E-state index in [9.17, 15) is 68.1 Å². The predicted molar refractivity (Wildman–Crippen MR) is 351 cm³/mol. The second-order valence-corrected chi connectivity index (χ2v) is 23.6. The van der Waals surface area contributed by atoms with E-state index in [2.05, 4.69) is 68.3 Å². The molecule has 1 aromatic heterocycles. The Balaban J connectivity index is 1.48. The summed E-state index contributed by atoms with van der Waals surface area (Å²) in [6, 6.07) is 0.511. The number of fused-ring (bicyclic) bond motifs is 2. The van der Waals surface area contributed by atoms with Crippen LogP contribution in [0.4, 0.5) is 0 Å². The first-order valence-corrected chi connectivity index (χ1v) is 32.1. The van der Waals surface area contributed by atoms with E-state index in [1.54, 1.807) is 55.6 Å². The van der Waals surface area contributed by atoms with Crippen LogP contribution in [0.2, 0.25) is 0 Å². The number of nitrogens with zero attached hydrogens (tertiary/aromatic N) is 3.